The first-order valence-electron chi connectivity index (χ1n) is 5.51. The van der Waals surface area contributed by atoms with Crippen LogP contribution in [0.25, 0.3) is 22.2 Å². The van der Waals surface area contributed by atoms with E-state index in [9.17, 15) is 4.79 Å². The summed E-state index contributed by atoms with van der Waals surface area (Å²) in [6, 6.07) is 11.3. The van der Waals surface area contributed by atoms with Crippen molar-refractivity contribution in [3.05, 3.63) is 42.2 Å². The Hall–Kier alpha value is -2.89. The maximum Gasteiger partial charge on any atom is 0.377 e. The molecule has 0 spiro atoms. The minimum absolute atomic E-state index is 0.0978. The number of nitrogen functional groups attached to an aromatic ring is 1. The number of carbonyl (C=O) groups is 1. The molecular weight excluding hydrogens is 246 g/mol. The standard InChI is InChI=1S/C13H9N3O3/c14-10-6-8-4-2-1-3-7(8)5-9(10)12-15-11(13(17)18)16-19-12/h1-6H,14H2,(H,17,18). The summed E-state index contributed by atoms with van der Waals surface area (Å²) in [5.41, 5.74) is 6.91. The molecule has 0 unspecified atom stereocenters. The van der Waals surface area contributed by atoms with E-state index < -0.39 is 5.97 Å². The van der Waals surface area contributed by atoms with Crippen LogP contribution in [0.15, 0.2) is 40.9 Å². The van der Waals surface area contributed by atoms with E-state index in [1.807, 2.05) is 24.3 Å². The van der Waals surface area contributed by atoms with Gasteiger partial charge in [-0.2, -0.15) is 4.98 Å². The van der Waals surface area contributed by atoms with E-state index in [2.05, 4.69) is 10.1 Å². The summed E-state index contributed by atoms with van der Waals surface area (Å²) in [6.45, 7) is 0. The van der Waals surface area contributed by atoms with Gasteiger partial charge in [-0.1, -0.05) is 24.3 Å². The Kier molecular flexibility index (Phi) is 2.42. The summed E-state index contributed by atoms with van der Waals surface area (Å²) in [5.74, 6) is -1.53. The van der Waals surface area contributed by atoms with Gasteiger partial charge in [-0.05, 0) is 28.1 Å². The number of nitrogens with two attached hydrogens (primary N) is 1. The summed E-state index contributed by atoms with van der Waals surface area (Å²) in [6.07, 6.45) is 0. The van der Waals surface area contributed by atoms with E-state index in [-0.39, 0.29) is 11.7 Å². The molecule has 19 heavy (non-hydrogen) atoms. The van der Waals surface area contributed by atoms with Crippen LogP contribution in [0.5, 0.6) is 0 Å². The second kappa shape index (κ2) is 4.09. The number of carboxylic acids is 1. The summed E-state index contributed by atoms with van der Waals surface area (Å²) in [7, 11) is 0. The van der Waals surface area contributed by atoms with Crippen LogP contribution < -0.4 is 5.73 Å². The van der Waals surface area contributed by atoms with Gasteiger partial charge in [-0.25, -0.2) is 4.79 Å². The lowest BCUT2D eigenvalue weighted by molar-refractivity contribution is 0.0680. The average Bonchev–Trinajstić information content (AvgIpc) is 2.87. The van der Waals surface area contributed by atoms with Gasteiger partial charge in [-0.15, -0.1) is 0 Å². The van der Waals surface area contributed by atoms with Crippen molar-refractivity contribution in [2.45, 2.75) is 0 Å². The fraction of sp³-hybridized carbons (Fsp3) is 0. The molecule has 0 aliphatic heterocycles. The van der Waals surface area contributed by atoms with Crippen LogP contribution in [-0.4, -0.2) is 21.2 Å². The van der Waals surface area contributed by atoms with Crippen LogP contribution in [0.2, 0.25) is 0 Å². The van der Waals surface area contributed by atoms with Crippen LogP contribution >= 0.6 is 0 Å². The van der Waals surface area contributed by atoms with Crippen molar-refractivity contribution in [2.75, 3.05) is 5.73 Å². The van der Waals surface area contributed by atoms with Crippen molar-refractivity contribution in [2.24, 2.45) is 0 Å². The van der Waals surface area contributed by atoms with Crippen LogP contribution in [0.4, 0.5) is 5.69 Å². The van der Waals surface area contributed by atoms with Crippen molar-refractivity contribution >= 4 is 22.4 Å². The number of hydrogen-bond acceptors (Lipinski definition) is 5. The van der Waals surface area contributed by atoms with Crippen LogP contribution in [0.1, 0.15) is 10.6 Å². The first-order valence-corrected chi connectivity index (χ1v) is 5.51. The number of rotatable bonds is 2. The van der Waals surface area contributed by atoms with Crippen LogP contribution in [0, 0.1) is 0 Å². The van der Waals surface area contributed by atoms with Crippen molar-refractivity contribution in [3.63, 3.8) is 0 Å². The Morgan fingerprint density at radius 1 is 1.21 bits per heavy atom. The zero-order valence-electron chi connectivity index (χ0n) is 9.70. The van der Waals surface area contributed by atoms with Gasteiger partial charge in [0.25, 0.3) is 11.7 Å². The van der Waals surface area contributed by atoms with E-state index in [4.69, 9.17) is 15.4 Å². The van der Waals surface area contributed by atoms with E-state index in [1.165, 1.54) is 0 Å². The molecule has 6 nitrogen and oxygen atoms in total. The van der Waals surface area contributed by atoms with Gasteiger partial charge in [0.2, 0.25) is 0 Å². The molecule has 3 N–H and O–H groups in total. The van der Waals surface area contributed by atoms with Gasteiger partial charge in [-0.3, -0.25) is 0 Å². The van der Waals surface area contributed by atoms with E-state index >= 15 is 0 Å². The maximum atomic E-state index is 10.7. The highest BCUT2D eigenvalue weighted by Crippen LogP contribution is 2.29. The van der Waals surface area contributed by atoms with Gasteiger partial charge in [0.1, 0.15) is 0 Å². The zero-order valence-corrected chi connectivity index (χ0v) is 9.70. The zero-order chi connectivity index (χ0) is 13.4. The summed E-state index contributed by atoms with van der Waals surface area (Å²) >= 11 is 0. The SMILES string of the molecule is Nc1cc2ccccc2cc1-c1nc(C(=O)O)no1. The molecule has 94 valence electrons. The van der Waals surface area contributed by atoms with Crippen molar-refractivity contribution in [1.82, 2.24) is 10.1 Å². The molecule has 0 aliphatic rings. The summed E-state index contributed by atoms with van der Waals surface area (Å²) in [5, 5.41) is 14.1. The molecular formula is C13H9N3O3. The molecule has 0 bridgehead atoms. The monoisotopic (exact) mass is 255 g/mol. The van der Waals surface area contributed by atoms with Gasteiger partial charge >= 0.3 is 5.97 Å². The lowest BCUT2D eigenvalue weighted by Crippen LogP contribution is -1.98. The second-order valence-electron chi connectivity index (χ2n) is 4.01. The second-order valence-corrected chi connectivity index (χ2v) is 4.01. The smallest absolute Gasteiger partial charge is 0.377 e. The molecule has 3 aromatic rings. The number of carboxylic acid groups (broad SMARTS) is 1. The molecule has 0 amide bonds. The highest BCUT2D eigenvalue weighted by Gasteiger charge is 2.16. The highest BCUT2D eigenvalue weighted by molar-refractivity contribution is 5.92. The van der Waals surface area contributed by atoms with Gasteiger partial charge < -0.3 is 15.4 Å². The number of benzene rings is 2. The maximum absolute atomic E-state index is 10.7. The molecule has 3 rings (SSSR count). The third-order valence-electron chi connectivity index (χ3n) is 2.77. The third-order valence-corrected chi connectivity index (χ3v) is 2.77. The van der Waals surface area contributed by atoms with Crippen LogP contribution in [0.3, 0.4) is 0 Å². The Labute approximate surface area is 107 Å². The number of aromatic carboxylic acids is 1. The van der Waals surface area contributed by atoms with Gasteiger partial charge in [0.05, 0.1) is 5.56 Å². The topological polar surface area (TPSA) is 102 Å². The Morgan fingerprint density at radius 2 is 1.89 bits per heavy atom. The molecule has 1 heterocycles. The molecule has 6 heteroatoms. The quantitative estimate of drug-likeness (QED) is 0.680. The van der Waals surface area contributed by atoms with Gasteiger partial charge in [0, 0.05) is 5.69 Å². The first kappa shape index (κ1) is 11.2. The van der Waals surface area contributed by atoms with Crippen LogP contribution in [-0.2, 0) is 0 Å². The molecule has 0 aliphatic carbocycles. The Morgan fingerprint density at radius 3 is 2.53 bits per heavy atom. The average molecular weight is 255 g/mol. The molecule has 2 aromatic carbocycles. The number of anilines is 1. The first-order chi connectivity index (χ1) is 9.15. The van der Waals surface area contributed by atoms with Gasteiger partial charge in [0.15, 0.2) is 0 Å². The Balaban J connectivity index is 2.18. The number of nitrogens with zero attached hydrogens (tertiary/aromatic N) is 2. The Bertz CT molecular complexity index is 780. The largest absolute Gasteiger partial charge is 0.475 e. The number of aromatic nitrogens is 2. The molecule has 1 aromatic heterocycles. The number of fused-ring (bicyclic) bond motifs is 1. The minimum atomic E-state index is -1.24. The molecule has 0 fully saturated rings. The number of hydrogen-bond donors (Lipinski definition) is 2. The molecule has 0 radical (unpaired) electrons. The summed E-state index contributed by atoms with van der Waals surface area (Å²) < 4.78 is 4.92. The predicted octanol–water partition coefficient (Wildman–Crippen LogP) is 2.17. The predicted molar refractivity (Wildman–Crippen MR) is 68.6 cm³/mol. The summed E-state index contributed by atoms with van der Waals surface area (Å²) in [4.78, 5) is 14.5. The fourth-order valence-electron chi connectivity index (χ4n) is 1.86. The highest BCUT2D eigenvalue weighted by atomic mass is 16.5. The normalized spacial score (nSPS) is 10.7. The van der Waals surface area contributed by atoms with Crippen molar-refractivity contribution in [3.8, 4) is 11.5 Å². The molecule has 0 saturated heterocycles. The lowest BCUT2D eigenvalue weighted by atomic mass is 10.1. The molecule has 0 saturated carbocycles. The van der Waals surface area contributed by atoms with Crippen molar-refractivity contribution in [1.29, 1.82) is 0 Å². The lowest BCUT2D eigenvalue weighted by Gasteiger charge is -2.03. The minimum Gasteiger partial charge on any atom is -0.475 e. The van der Waals surface area contributed by atoms with E-state index in [1.54, 1.807) is 12.1 Å². The van der Waals surface area contributed by atoms with Crippen molar-refractivity contribution < 1.29 is 14.4 Å². The van der Waals surface area contributed by atoms with E-state index in [0.717, 1.165) is 10.8 Å². The fourth-order valence-corrected chi connectivity index (χ4v) is 1.86. The third kappa shape index (κ3) is 1.89. The molecule has 0 atom stereocenters. The van der Waals surface area contributed by atoms with E-state index in [0.29, 0.717) is 11.3 Å².